The molecule has 1 radical (unpaired) electrons. The topological polar surface area (TPSA) is 41.2 Å². The molecule has 0 atom stereocenters. The van der Waals surface area contributed by atoms with Crippen LogP contribution in [0.2, 0.25) is 0 Å². The van der Waals surface area contributed by atoms with E-state index in [4.69, 9.17) is 0 Å². The zero-order chi connectivity index (χ0) is 41.0. The maximum atomic E-state index is 13.2. The van der Waals surface area contributed by atoms with Gasteiger partial charge in [-0.2, -0.15) is 38.8 Å². The van der Waals surface area contributed by atoms with Crippen molar-refractivity contribution in [3.05, 3.63) is 103 Å². The maximum Gasteiger partial charge on any atom is 0.400 e. The molecule has 0 fully saturated rings. The Hall–Kier alpha value is -3.53. The molecule has 0 saturated carbocycles. The molecule has 3 aromatic carbocycles. The number of aliphatic hydroxyl groups excluding tert-OH is 1. The van der Waals surface area contributed by atoms with Crippen LogP contribution >= 0.6 is 11.3 Å². The number of pyridine rings is 1. The number of hydrogen-bond acceptors (Lipinski definition) is 3. The molecule has 0 bridgehead atoms. The van der Waals surface area contributed by atoms with Gasteiger partial charge in [0, 0.05) is 54.5 Å². The standard InChI is InChI=1S/C32H28F6NS.C13H24O2.Ir/c1-18-20-10-6-7-11-21(20)25(30(2,3)4)17-24(18)27-29-23(15-16-39(27)5)22-12-8-9-19(28(22)40-29)13-14-26(31(33,34)35)32(36,37)38;1-5-10(6-2)12(14)9-13(15)11(7-3)8-4;/h6-12,15-17,26H,1,5,13-14H2,2-4H3;9-11,14H,5-8H2,1-4H3;/q-1;;/b;12-9-;. The Labute approximate surface area is 344 Å². The largest absolute Gasteiger partial charge is 0.512 e. The molecule has 307 valence electrons. The molecule has 0 aliphatic heterocycles. The van der Waals surface area contributed by atoms with Crippen LogP contribution in [-0.4, -0.2) is 23.2 Å². The predicted octanol–water partition coefficient (Wildman–Crippen LogP) is 13.8. The molecule has 2 aromatic heterocycles. The van der Waals surface area contributed by atoms with Crippen molar-refractivity contribution in [1.82, 2.24) is 0 Å². The van der Waals surface area contributed by atoms with Gasteiger partial charge in [0.1, 0.15) is 0 Å². The SMILES string of the molecule is CCC(CC)C(=O)/C=C(\O)C(CC)CC.[CH2-]c1c(-c2c3sc4c(CCC(C(F)(F)F)C(F)(F)F)cccc4c3cc[n+]2[CH2-])cc(C(C)(C)C)c2ccccc12.[Ir]. The number of fused-ring (bicyclic) bond motifs is 4. The van der Waals surface area contributed by atoms with Crippen LogP contribution in [0.5, 0.6) is 0 Å². The first-order valence-electron chi connectivity index (χ1n) is 18.8. The maximum absolute atomic E-state index is 13.2. The Morgan fingerprint density at radius 1 is 0.804 bits per heavy atom. The molecule has 5 rings (SSSR count). The number of alkyl halides is 6. The molecule has 0 aliphatic carbocycles. The zero-order valence-electron chi connectivity index (χ0n) is 33.1. The van der Waals surface area contributed by atoms with Crippen molar-refractivity contribution < 1.29 is 60.9 Å². The first kappa shape index (κ1) is 46.8. The Bertz CT molecular complexity index is 2140. The van der Waals surface area contributed by atoms with E-state index in [-0.39, 0.29) is 55.3 Å². The van der Waals surface area contributed by atoms with E-state index in [1.54, 1.807) is 16.7 Å². The zero-order valence-corrected chi connectivity index (χ0v) is 36.3. The predicted molar refractivity (Wildman–Crippen MR) is 214 cm³/mol. The molecule has 11 heteroatoms. The van der Waals surface area contributed by atoms with E-state index in [2.05, 4.69) is 46.9 Å². The fourth-order valence-corrected chi connectivity index (χ4v) is 8.65. The summed E-state index contributed by atoms with van der Waals surface area (Å²) < 4.78 is 82.6. The normalized spacial score (nSPS) is 12.8. The second-order valence-corrected chi connectivity index (χ2v) is 16.2. The van der Waals surface area contributed by atoms with Gasteiger partial charge in [-0.05, 0) is 66.3 Å². The monoisotopic (exact) mass is 977 g/mol. The third-order valence-corrected chi connectivity index (χ3v) is 11.9. The summed E-state index contributed by atoms with van der Waals surface area (Å²) in [5, 5.41) is 13.5. The van der Waals surface area contributed by atoms with Gasteiger partial charge in [0.25, 0.3) is 0 Å². The summed E-state index contributed by atoms with van der Waals surface area (Å²) in [6.45, 7) is 18.9. The quantitative estimate of drug-likeness (QED) is 0.0471. The van der Waals surface area contributed by atoms with E-state index < -0.39 is 24.7 Å². The number of halogens is 6. The Balaban J connectivity index is 0.000000448. The summed E-state index contributed by atoms with van der Waals surface area (Å²) in [6.07, 6.45) is -5.40. The van der Waals surface area contributed by atoms with Crippen molar-refractivity contribution in [2.45, 2.75) is 105 Å². The third kappa shape index (κ3) is 10.3. The molecule has 0 saturated heterocycles. The summed E-state index contributed by atoms with van der Waals surface area (Å²) in [7, 11) is 4.21. The summed E-state index contributed by atoms with van der Waals surface area (Å²) in [4.78, 5) is 11.7. The first-order valence-corrected chi connectivity index (χ1v) is 19.7. The summed E-state index contributed by atoms with van der Waals surface area (Å²) in [5.41, 5.74) is 3.92. The fraction of sp³-hybridized carbons (Fsp3) is 0.422. The van der Waals surface area contributed by atoms with Crippen LogP contribution in [0.1, 0.15) is 97.3 Å². The van der Waals surface area contributed by atoms with Gasteiger partial charge in [0.2, 0.25) is 0 Å². The van der Waals surface area contributed by atoms with Crippen molar-refractivity contribution >= 4 is 48.1 Å². The van der Waals surface area contributed by atoms with E-state index in [0.29, 0.717) is 10.3 Å². The van der Waals surface area contributed by atoms with Crippen molar-refractivity contribution in [1.29, 1.82) is 0 Å². The van der Waals surface area contributed by atoms with Gasteiger partial charge in [-0.25, -0.2) is 0 Å². The number of ketones is 1. The van der Waals surface area contributed by atoms with Crippen LogP contribution in [0, 0.1) is 31.7 Å². The van der Waals surface area contributed by atoms with Gasteiger partial charge in [0.15, 0.2) is 11.7 Å². The molecular weight excluding hydrogens is 925 g/mol. The molecule has 5 aromatic rings. The van der Waals surface area contributed by atoms with Crippen LogP contribution in [0.15, 0.2) is 72.6 Å². The van der Waals surface area contributed by atoms with Gasteiger partial charge >= 0.3 is 12.4 Å². The molecule has 0 unspecified atom stereocenters. The molecule has 56 heavy (non-hydrogen) atoms. The van der Waals surface area contributed by atoms with Crippen LogP contribution in [-0.2, 0) is 36.7 Å². The van der Waals surface area contributed by atoms with Crippen LogP contribution in [0.3, 0.4) is 0 Å². The smallest absolute Gasteiger partial charge is 0.400 e. The van der Waals surface area contributed by atoms with Crippen molar-refractivity contribution in [3.8, 4) is 11.3 Å². The van der Waals surface area contributed by atoms with Gasteiger partial charge in [-0.1, -0.05) is 95.8 Å². The minimum Gasteiger partial charge on any atom is -0.512 e. The molecule has 0 amide bonds. The number of aromatic nitrogens is 1. The fourth-order valence-electron chi connectivity index (χ4n) is 7.24. The minimum absolute atomic E-state index is 0. The van der Waals surface area contributed by atoms with E-state index in [1.807, 2.05) is 64.2 Å². The third-order valence-electron chi connectivity index (χ3n) is 10.6. The van der Waals surface area contributed by atoms with E-state index in [1.165, 1.54) is 17.4 Å². The second-order valence-electron chi connectivity index (χ2n) is 15.2. The van der Waals surface area contributed by atoms with Gasteiger partial charge in [-0.3, -0.25) is 4.79 Å². The molecule has 0 spiro atoms. The summed E-state index contributed by atoms with van der Waals surface area (Å²) >= 11 is 1.37. The van der Waals surface area contributed by atoms with Crippen molar-refractivity contribution in [3.63, 3.8) is 0 Å². The van der Waals surface area contributed by atoms with Crippen LogP contribution in [0.4, 0.5) is 26.3 Å². The van der Waals surface area contributed by atoms with Crippen molar-refractivity contribution in [2.24, 2.45) is 17.8 Å². The van der Waals surface area contributed by atoms with Crippen molar-refractivity contribution in [2.75, 3.05) is 0 Å². The average molecular weight is 977 g/mol. The number of allylic oxidation sites excluding steroid dienone is 2. The number of aliphatic hydroxyl groups is 1. The average Bonchev–Trinajstić information content (AvgIpc) is 3.48. The number of rotatable bonds is 11. The van der Waals surface area contributed by atoms with Gasteiger partial charge in [-0.15, -0.1) is 34.4 Å². The number of hydrogen-bond donors (Lipinski definition) is 1. The van der Waals surface area contributed by atoms with E-state index in [9.17, 15) is 36.2 Å². The summed E-state index contributed by atoms with van der Waals surface area (Å²) in [6, 6.07) is 17.2. The van der Waals surface area contributed by atoms with E-state index in [0.717, 1.165) is 74.3 Å². The Morgan fingerprint density at radius 2 is 1.34 bits per heavy atom. The molecule has 3 nitrogen and oxygen atoms in total. The number of carbonyl (C=O) groups is 1. The number of carbonyl (C=O) groups excluding carboxylic acids is 1. The molecule has 2 heterocycles. The van der Waals surface area contributed by atoms with Crippen LogP contribution in [0.25, 0.3) is 42.2 Å². The molecular formula is C45H52F6IrNO2S-. The van der Waals surface area contributed by atoms with Crippen LogP contribution < -0.4 is 4.57 Å². The molecule has 0 aliphatic rings. The number of nitrogens with zero attached hydrogens (tertiary/aromatic N) is 1. The number of thiophene rings is 1. The summed E-state index contributed by atoms with van der Waals surface area (Å²) in [5.74, 6) is -2.82. The molecule has 1 N–H and O–H groups in total. The second kappa shape index (κ2) is 18.8. The first-order chi connectivity index (χ1) is 25.7. The Kier molecular flexibility index (Phi) is 15.7. The van der Waals surface area contributed by atoms with Gasteiger partial charge < -0.3 is 9.67 Å². The Morgan fingerprint density at radius 3 is 1.88 bits per heavy atom. The van der Waals surface area contributed by atoms with E-state index >= 15 is 0 Å². The number of aryl methyl sites for hydroxylation is 1. The number of benzene rings is 3. The van der Waals surface area contributed by atoms with Gasteiger partial charge in [0.05, 0.1) is 17.6 Å². The minimum atomic E-state index is -5.36.